The van der Waals surface area contributed by atoms with Gasteiger partial charge in [-0.05, 0) is 49.4 Å². The summed E-state index contributed by atoms with van der Waals surface area (Å²) in [6, 6.07) is 8.72. The summed E-state index contributed by atoms with van der Waals surface area (Å²) in [5.74, 6) is 0.755. The zero-order chi connectivity index (χ0) is 17.4. The van der Waals surface area contributed by atoms with Crippen LogP contribution < -0.4 is 5.56 Å². The lowest BCUT2D eigenvalue weighted by atomic mass is 10.1. The second-order valence-corrected chi connectivity index (χ2v) is 7.98. The van der Waals surface area contributed by atoms with Gasteiger partial charge < -0.3 is 4.98 Å². The molecule has 0 unspecified atom stereocenters. The van der Waals surface area contributed by atoms with Gasteiger partial charge in [0.15, 0.2) is 0 Å². The van der Waals surface area contributed by atoms with Gasteiger partial charge in [0.05, 0.1) is 11.9 Å². The fraction of sp³-hybridized carbons (Fsp3) is 0.400. The number of aromatic nitrogens is 2. The molecule has 25 heavy (non-hydrogen) atoms. The quantitative estimate of drug-likeness (QED) is 0.761. The van der Waals surface area contributed by atoms with E-state index in [9.17, 15) is 4.79 Å². The SMILES string of the molecule is CCc1ccc(CN(C)Cc2nc3sc4c(c3c(=O)[nH]2)CCC4)cc1. The lowest BCUT2D eigenvalue weighted by molar-refractivity contribution is 0.311. The van der Waals surface area contributed by atoms with E-state index < -0.39 is 0 Å². The maximum absolute atomic E-state index is 12.5. The maximum atomic E-state index is 12.5. The summed E-state index contributed by atoms with van der Waals surface area (Å²) in [6.45, 7) is 3.65. The normalized spacial score (nSPS) is 13.7. The van der Waals surface area contributed by atoms with Crippen LogP contribution in [0, 0.1) is 0 Å². The second-order valence-electron chi connectivity index (χ2n) is 6.89. The van der Waals surface area contributed by atoms with Crippen molar-refractivity contribution in [2.75, 3.05) is 7.05 Å². The molecule has 130 valence electrons. The highest BCUT2D eigenvalue weighted by Crippen LogP contribution is 2.34. The molecule has 0 amide bonds. The number of fused-ring (bicyclic) bond motifs is 3. The van der Waals surface area contributed by atoms with Crippen molar-refractivity contribution in [1.29, 1.82) is 0 Å². The number of aromatic amines is 1. The molecule has 0 spiro atoms. The Morgan fingerprint density at radius 1 is 1.16 bits per heavy atom. The van der Waals surface area contributed by atoms with Crippen LogP contribution in [0.15, 0.2) is 29.1 Å². The van der Waals surface area contributed by atoms with Gasteiger partial charge in [-0.2, -0.15) is 0 Å². The lowest BCUT2D eigenvalue weighted by Crippen LogP contribution is -2.21. The summed E-state index contributed by atoms with van der Waals surface area (Å²) in [7, 11) is 2.06. The van der Waals surface area contributed by atoms with Crippen molar-refractivity contribution in [3.05, 3.63) is 62.0 Å². The van der Waals surface area contributed by atoms with Crippen molar-refractivity contribution in [2.45, 2.75) is 45.7 Å². The van der Waals surface area contributed by atoms with E-state index in [1.54, 1.807) is 11.3 Å². The number of benzene rings is 1. The number of nitrogens with zero attached hydrogens (tertiary/aromatic N) is 2. The van der Waals surface area contributed by atoms with E-state index in [1.807, 2.05) is 0 Å². The average Bonchev–Trinajstić information content (AvgIpc) is 3.15. The first-order valence-electron chi connectivity index (χ1n) is 8.94. The minimum Gasteiger partial charge on any atom is -0.309 e. The summed E-state index contributed by atoms with van der Waals surface area (Å²) < 4.78 is 0. The molecular weight excluding hydrogens is 330 g/mol. The summed E-state index contributed by atoms with van der Waals surface area (Å²) in [6.07, 6.45) is 4.34. The average molecular weight is 353 g/mol. The molecule has 0 aliphatic heterocycles. The third-order valence-corrected chi connectivity index (χ3v) is 6.11. The van der Waals surface area contributed by atoms with Crippen LogP contribution in [0.1, 0.15) is 40.7 Å². The number of hydrogen-bond acceptors (Lipinski definition) is 4. The molecule has 1 aliphatic carbocycles. The Hall–Kier alpha value is -1.98. The van der Waals surface area contributed by atoms with E-state index in [0.29, 0.717) is 6.54 Å². The van der Waals surface area contributed by atoms with Crippen molar-refractivity contribution in [3.63, 3.8) is 0 Å². The van der Waals surface area contributed by atoms with E-state index in [4.69, 9.17) is 4.98 Å². The maximum Gasteiger partial charge on any atom is 0.259 e. The molecule has 1 N–H and O–H groups in total. The Bertz CT molecular complexity index is 955. The Labute approximate surface area is 151 Å². The number of aryl methyl sites for hydroxylation is 3. The van der Waals surface area contributed by atoms with Crippen LogP contribution in [-0.4, -0.2) is 21.9 Å². The Kier molecular flexibility index (Phi) is 4.44. The van der Waals surface area contributed by atoms with Gasteiger partial charge in [0.1, 0.15) is 10.7 Å². The lowest BCUT2D eigenvalue weighted by Gasteiger charge is -2.16. The zero-order valence-corrected chi connectivity index (χ0v) is 15.6. The molecule has 1 aromatic carbocycles. The van der Waals surface area contributed by atoms with E-state index in [-0.39, 0.29) is 5.56 Å². The van der Waals surface area contributed by atoms with E-state index in [2.05, 4.69) is 48.1 Å². The topological polar surface area (TPSA) is 49.0 Å². The van der Waals surface area contributed by atoms with Gasteiger partial charge in [-0.15, -0.1) is 11.3 Å². The molecule has 4 nitrogen and oxygen atoms in total. The van der Waals surface area contributed by atoms with Crippen molar-refractivity contribution < 1.29 is 0 Å². The van der Waals surface area contributed by atoms with Crippen molar-refractivity contribution in [3.8, 4) is 0 Å². The standard InChI is InChI=1S/C20H23N3OS/c1-3-13-7-9-14(10-8-13)11-23(2)12-17-21-19(24)18-15-5-4-6-16(15)25-20(18)22-17/h7-10H,3-6,11-12H2,1-2H3,(H,21,22,24). The fourth-order valence-electron chi connectivity index (χ4n) is 3.63. The molecule has 0 saturated heterocycles. The molecule has 0 bridgehead atoms. The van der Waals surface area contributed by atoms with Crippen molar-refractivity contribution in [2.24, 2.45) is 0 Å². The summed E-state index contributed by atoms with van der Waals surface area (Å²) in [5.41, 5.74) is 3.90. The first-order valence-corrected chi connectivity index (χ1v) is 9.75. The molecule has 1 aliphatic rings. The van der Waals surface area contributed by atoms with Gasteiger partial charge in [-0.25, -0.2) is 4.98 Å². The number of rotatable bonds is 5. The summed E-state index contributed by atoms with van der Waals surface area (Å²) >= 11 is 1.70. The Morgan fingerprint density at radius 2 is 1.92 bits per heavy atom. The predicted octanol–water partition coefficient (Wildman–Crippen LogP) is 3.67. The minimum atomic E-state index is 0.0279. The zero-order valence-electron chi connectivity index (χ0n) is 14.8. The molecule has 0 radical (unpaired) electrons. The second kappa shape index (κ2) is 6.73. The fourth-order valence-corrected chi connectivity index (χ4v) is 4.91. The van der Waals surface area contributed by atoms with Gasteiger partial charge in [0.2, 0.25) is 0 Å². The van der Waals surface area contributed by atoms with Crippen LogP contribution >= 0.6 is 11.3 Å². The van der Waals surface area contributed by atoms with Crippen LogP contribution in [-0.2, 0) is 32.4 Å². The first-order chi connectivity index (χ1) is 12.1. The Morgan fingerprint density at radius 3 is 2.68 bits per heavy atom. The van der Waals surface area contributed by atoms with Gasteiger partial charge in [0, 0.05) is 11.4 Å². The highest BCUT2D eigenvalue weighted by molar-refractivity contribution is 7.18. The van der Waals surface area contributed by atoms with Crippen LogP contribution in [0.3, 0.4) is 0 Å². The molecule has 3 aromatic rings. The molecule has 2 heterocycles. The summed E-state index contributed by atoms with van der Waals surface area (Å²) in [4.78, 5) is 24.7. The van der Waals surface area contributed by atoms with Gasteiger partial charge in [0.25, 0.3) is 5.56 Å². The predicted molar refractivity (Wildman–Crippen MR) is 103 cm³/mol. The summed E-state index contributed by atoms with van der Waals surface area (Å²) in [5, 5.41) is 0.832. The molecule has 4 rings (SSSR count). The van der Waals surface area contributed by atoms with E-state index in [1.165, 1.54) is 21.6 Å². The van der Waals surface area contributed by atoms with Crippen LogP contribution in [0.25, 0.3) is 10.2 Å². The third kappa shape index (κ3) is 3.26. The first kappa shape index (κ1) is 16.5. The number of thiophene rings is 1. The monoisotopic (exact) mass is 353 g/mol. The number of nitrogens with one attached hydrogen (secondary N) is 1. The van der Waals surface area contributed by atoms with Gasteiger partial charge in [-0.3, -0.25) is 9.69 Å². The van der Waals surface area contributed by atoms with Gasteiger partial charge >= 0.3 is 0 Å². The van der Waals surface area contributed by atoms with Gasteiger partial charge in [-0.1, -0.05) is 31.2 Å². The smallest absolute Gasteiger partial charge is 0.259 e. The molecule has 2 aromatic heterocycles. The van der Waals surface area contributed by atoms with E-state index >= 15 is 0 Å². The van der Waals surface area contributed by atoms with Crippen LogP contribution in [0.4, 0.5) is 0 Å². The van der Waals surface area contributed by atoms with Crippen LogP contribution in [0.5, 0.6) is 0 Å². The van der Waals surface area contributed by atoms with Crippen molar-refractivity contribution in [1.82, 2.24) is 14.9 Å². The molecular formula is C20H23N3OS. The molecule has 5 heteroatoms. The van der Waals surface area contributed by atoms with Crippen molar-refractivity contribution >= 4 is 21.6 Å². The highest BCUT2D eigenvalue weighted by Gasteiger charge is 2.21. The number of H-pyrrole nitrogens is 1. The third-order valence-electron chi connectivity index (χ3n) is 4.93. The van der Waals surface area contributed by atoms with E-state index in [0.717, 1.165) is 48.3 Å². The Balaban J connectivity index is 1.52. The largest absolute Gasteiger partial charge is 0.309 e. The minimum absolute atomic E-state index is 0.0279. The molecule has 0 saturated carbocycles. The number of hydrogen-bond donors (Lipinski definition) is 1. The highest BCUT2D eigenvalue weighted by atomic mass is 32.1. The molecule has 0 fully saturated rings. The molecule has 0 atom stereocenters. The van der Waals surface area contributed by atoms with Crippen LogP contribution in [0.2, 0.25) is 0 Å².